The van der Waals surface area contributed by atoms with Crippen molar-refractivity contribution in [3.8, 4) is 11.5 Å². The van der Waals surface area contributed by atoms with Crippen LogP contribution in [0.15, 0.2) is 41.5 Å². The van der Waals surface area contributed by atoms with Crippen LogP contribution in [0.1, 0.15) is 29.8 Å². The molecule has 0 bridgehead atoms. The number of ether oxygens (including phenoxy) is 2. The molecule has 142 valence electrons. The Labute approximate surface area is 169 Å². The summed E-state index contributed by atoms with van der Waals surface area (Å²) in [4.78, 5) is 22.2. The molecule has 0 unspecified atom stereocenters. The highest BCUT2D eigenvalue weighted by molar-refractivity contribution is 14.1. The van der Waals surface area contributed by atoms with Crippen LogP contribution in [0, 0.1) is 13.7 Å². The number of amides is 1. The van der Waals surface area contributed by atoms with Crippen molar-refractivity contribution in [1.82, 2.24) is 5.43 Å². The number of rotatable bonds is 8. The van der Waals surface area contributed by atoms with E-state index in [-0.39, 0.29) is 11.3 Å². The summed E-state index contributed by atoms with van der Waals surface area (Å²) in [5, 5.41) is 14.6. The molecule has 2 aromatic carbocycles. The molecule has 9 heteroatoms. The zero-order valence-corrected chi connectivity index (χ0v) is 16.9. The van der Waals surface area contributed by atoms with Gasteiger partial charge in [-0.3, -0.25) is 14.9 Å². The fraction of sp³-hybridized carbons (Fsp3) is 0.222. The average molecular weight is 483 g/mol. The van der Waals surface area contributed by atoms with E-state index in [1.165, 1.54) is 30.5 Å². The molecular formula is C18H18IN3O5. The number of nitro groups is 1. The van der Waals surface area contributed by atoms with Gasteiger partial charge in [-0.25, -0.2) is 5.43 Å². The number of benzene rings is 2. The minimum Gasteiger partial charge on any atom is -0.490 e. The van der Waals surface area contributed by atoms with E-state index in [4.69, 9.17) is 9.47 Å². The Morgan fingerprint density at radius 1 is 1.22 bits per heavy atom. The van der Waals surface area contributed by atoms with E-state index in [1.54, 1.807) is 6.07 Å². The summed E-state index contributed by atoms with van der Waals surface area (Å²) in [6.07, 6.45) is 1.49. The van der Waals surface area contributed by atoms with Crippen molar-refractivity contribution in [2.24, 2.45) is 5.10 Å². The lowest BCUT2D eigenvalue weighted by molar-refractivity contribution is -0.384. The van der Waals surface area contributed by atoms with Crippen LogP contribution in [0.3, 0.4) is 0 Å². The maximum absolute atomic E-state index is 12.1. The molecule has 0 spiro atoms. The number of nitrogens with zero attached hydrogens (tertiary/aromatic N) is 2. The molecule has 0 aliphatic carbocycles. The standard InChI is InChI=1S/C18H18IN3O5/c1-3-26-16-10-12(9-15(19)17(16)27-4-2)11-20-21-18(23)13-5-7-14(8-6-13)22(24)25/h5-11H,3-4H2,1-2H3,(H,21,23)/b20-11-. The third kappa shape index (κ3) is 5.64. The zero-order chi connectivity index (χ0) is 19.8. The largest absolute Gasteiger partial charge is 0.490 e. The van der Waals surface area contributed by atoms with Crippen molar-refractivity contribution in [3.63, 3.8) is 0 Å². The van der Waals surface area contributed by atoms with Gasteiger partial charge in [0.1, 0.15) is 0 Å². The minimum absolute atomic E-state index is 0.0810. The molecule has 2 rings (SSSR count). The first kappa shape index (κ1) is 20.6. The van der Waals surface area contributed by atoms with E-state index in [0.717, 1.165) is 9.13 Å². The van der Waals surface area contributed by atoms with Gasteiger partial charge in [0.05, 0.1) is 27.9 Å². The summed E-state index contributed by atoms with van der Waals surface area (Å²) in [7, 11) is 0. The van der Waals surface area contributed by atoms with Crippen LogP contribution in [-0.2, 0) is 0 Å². The lowest BCUT2D eigenvalue weighted by atomic mass is 10.2. The first-order valence-corrected chi connectivity index (χ1v) is 9.21. The molecule has 2 aromatic rings. The summed E-state index contributed by atoms with van der Waals surface area (Å²) in [5.74, 6) is 0.813. The maximum atomic E-state index is 12.1. The Balaban J connectivity index is 2.10. The lowest BCUT2D eigenvalue weighted by Gasteiger charge is -2.13. The molecule has 0 atom stereocenters. The fourth-order valence-corrected chi connectivity index (χ4v) is 2.96. The molecular weight excluding hydrogens is 465 g/mol. The molecule has 0 aliphatic rings. The van der Waals surface area contributed by atoms with Gasteiger partial charge in [-0.05, 0) is 66.3 Å². The van der Waals surface area contributed by atoms with Gasteiger partial charge < -0.3 is 9.47 Å². The maximum Gasteiger partial charge on any atom is 0.271 e. The van der Waals surface area contributed by atoms with Crippen LogP contribution in [0.2, 0.25) is 0 Å². The summed E-state index contributed by atoms with van der Waals surface area (Å²) in [5.41, 5.74) is 3.32. The van der Waals surface area contributed by atoms with Gasteiger partial charge in [-0.15, -0.1) is 0 Å². The number of hydrogen-bond acceptors (Lipinski definition) is 6. The van der Waals surface area contributed by atoms with E-state index in [2.05, 4.69) is 33.1 Å². The number of hydrogen-bond donors (Lipinski definition) is 1. The first-order valence-electron chi connectivity index (χ1n) is 8.13. The van der Waals surface area contributed by atoms with Crippen LogP contribution in [0.5, 0.6) is 11.5 Å². The number of nitrogens with one attached hydrogen (secondary N) is 1. The second-order valence-corrected chi connectivity index (χ2v) is 6.36. The Morgan fingerprint density at radius 2 is 1.89 bits per heavy atom. The number of halogens is 1. The van der Waals surface area contributed by atoms with E-state index in [9.17, 15) is 14.9 Å². The summed E-state index contributed by atoms with van der Waals surface area (Å²) >= 11 is 2.15. The van der Waals surface area contributed by atoms with E-state index < -0.39 is 10.8 Å². The molecule has 0 radical (unpaired) electrons. The highest BCUT2D eigenvalue weighted by atomic mass is 127. The van der Waals surface area contributed by atoms with E-state index in [0.29, 0.717) is 24.7 Å². The smallest absolute Gasteiger partial charge is 0.271 e. The van der Waals surface area contributed by atoms with Crippen molar-refractivity contribution < 1.29 is 19.2 Å². The van der Waals surface area contributed by atoms with Crippen LogP contribution < -0.4 is 14.9 Å². The van der Waals surface area contributed by atoms with Gasteiger partial charge in [0, 0.05) is 17.7 Å². The molecule has 0 aromatic heterocycles. The summed E-state index contributed by atoms with van der Waals surface area (Å²) in [6.45, 7) is 4.80. The second kappa shape index (κ2) is 9.86. The Hall–Kier alpha value is -2.69. The highest BCUT2D eigenvalue weighted by Gasteiger charge is 2.12. The molecule has 1 N–H and O–H groups in total. The third-order valence-corrected chi connectivity index (χ3v) is 4.14. The van der Waals surface area contributed by atoms with Crippen LogP contribution in [0.25, 0.3) is 0 Å². The van der Waals surface area contributed by atoms with E-state index >= 15 is 0 Å². The zero-order valence-electron chi connectivity index (χ0n) is 14.8. The van der Waals surface area contributed by atoms with Gasteiger partial charge in [-0.1, -0.05) is 0 Å². The topological polar surface area (TPSA) is 103 Å². The van der Waals surface area contributed by atoms with Crippen molar-refractivity contribution in [3.05, 3.63) is 61.2 Å². The molecule has 8 nitrogen and oxygen atoms in total. The van der Waals surface area contributed by atoms with Gasteiger partial charge in [-0.2, -0.15) is 5.10 Å². The van der Waals surface area contributed by atoms with Crippen molar-refractivity contribution in [2.45, 2.75) is 13.8 Å². The quantitative estimate of drug-likeness (QED) is 0.267. The number of hydrazone groups is 1. The lowest BCUT2D eigenvalue weighted by Crippen LogP contribution is -2.17. The number of carbonyl (C=O) groups excluding carboxylic acids is 1. The fourth-order valence-electron chi connectivity index (χ4n) is 2.17. The molecule has 0 aliphatic heterocycles. The molecule has 1 amide bonds. The van der Waals surface area contributed by atoms with Crippen LogP contribution in [-0.4, -0.2) is 30.3 Å². The van der Waals surface area contributed by atoms with Crippen LogP contribution >= 0.6 is 22.6 Å². The van der Waals surface area contributed by atoms with Gasteiger partial charge in [0.25, 0.3) is 11.6 Å². The normalized spacial score (nSPS) is 10.6. The molecule has 0 saturated heterocycles. The van der Waals surface area contributed by atoms with Crippen molar-refractivity contribution >= 4 is 40.4 Å². The minimum atomic E-state index is -0.524. The van der Waals surface area contributed by atoms with Gasteiger partial charge in [0.15, 0.2) is 11.5 Å². The monoisotopic (exact) mass is 483 g/mol. The number of nitro benzene ring substituents is 1. The first-order chi connectivity index (χ1) is 13.0. The molecule has 0 saturated carbocycles. The molecule has 0 fully saturated rings. The Kier molecular flexibility index (Phi) is 7.53. The predicted octanol–water partition coefficient (Wildman–Crippen LogP) is 3.76. The highest BCUT2D eigenvalue weighted by Crippen LogP contribution is 2.33. The Morgan fingerprint density at radius 3 is 2.48 bits per heavy atom. The third-order valence-electron chi connectivity index (χ3n) is 3.34. The van der Waals surface area contributed by atoms with Crippen LogP contribution in [0.4, 0.5) is 5.69 Å². The number of carbonyl (C=O) groups is 1. The van der Waals surface area contributed by atoms with Crippen molar-refractivity contribution in [1.29, 1.82) is 0 Å². The van der Waals surface area contributed by atoms with Crippen molar-refractivity contribution in [2.75, 3.05) is 13.2 Å². The van der Waals surface area contributed by atoms with Gasteiger partial charge in [0.2, 0.25) is 0 Å². The SMILES string of the molecule is CCOc1cc(/C=N\NC(=O)c2ccc([N+](=O)[O-])cc2)cc(I)c1OCC. The average Bonchev–Trinajstić information content (AvgIpc) is 2.64. The number of non-ortho nitro benzene ring substituents is 1. The molecule has 0 heterocycles. The van der Waals surface area contributed by atoms with E-state index in [1.807, 2.05) is 19.9 Å². The predicted molar refractivity (Wildman–Crippen MR) is 110 cm³/mol. The summed E-state index contributed by atoms with van der Waals surface area (Å²) in [6, 6.07) is 8.91. The molecule has 27 heavy (non-hydrogen) atoms. The summed E-state index contributed by atoms with van der Waals surface area (Å²) < 4.78 is 12.1. The second-order valence-electron chi connectivity index (χ2n) is 5.20. The van der Waals surface area contributed by atoms with Gasteiger partial charge >= 0.3 is 0 Å². The Bertz CT molecular complexity index is 853.